The molecule has 0 saturated carbocycles. The first-order valence-corrected chi connectivity index (χ1v) is 5.90. The van der Waals surface area contributed by atoms with Crippen molar-refractivity contribution in [1.82, 2.24) is 9.78 Å². The number of nitrogens with two attached hydrogens (primary N) is 1. The average molecular weight is 243 g/mol. The highest BCUT2D eigenvalue weighted by atomic mass is 32.2. The van der Waals surface area contributed by atoms with Crippen LogP contribution in [0.3, 0.4) is 0 Å². The van der Waals surface area contributed by atoms with Gasteiger partial charge in [-0.1, -0.05) is 11.8 Å². The van der Waals surface area contributed by atoms with E-state index in [4.69, 9.17) is 10.5 Å². The highest BCUT2D eigenvalue weighted by Gasteiger charge is 2.17. The Bertz CT molecular complexity index is 382. The normalized spacial score (nSPS) is 11.5. The molecule has 0 unspecified atom stereocenters. The summed E-state index contributed by atoms with van der Waals surface area (Å²) in [4.78, 5) is 11.4. The van der Waals surface area contributed by atoms with Crippen LogP contribution in [0.25, 0.3) is 0 Å². The van der Waals surface area contributed by atoms with Crippen LogP contribution in [0.2, 0.25) is 0 Å². The van der Waals surface area contributed by atoms with E-state index in [1.54, 1.807) is 17.9 Å². The van der Waals surface area contributed by atoms with Crippen LogP contribution >= 0.6 is 11.8 Å². The van der Waals surface area contributed by atoms with Crippen LogP contribution < -0.4 is 5.73 Å². The quantitative estimate of drug-likeness (QED) is 0.642. The third-order valence-electron chi connectivity index (χ3n) is 1.57. The number of aromatic nitrogens is 2. The summed E-state index contributed by atoms with van der Waals surface area (Å²) in [6.07, 6.45) is 1.71. The van der Waals surface area contributed by atoms with Crippen LogP contribution in [0.1, 0.15) is 20.8 Å². The van der Waals surface area contributed by atoms with Gasteiger partial charge in [-0.3, -0.25) is 9.48 Å². The lowest BCUT2D eigenvalue weighted by Gasteiger charge is -2.19. The van der Waals surface area contributed by atoms with Crippen molar-refractivity contribution in [2.75, 3.05) is 11.5 Å². The molecule has 0 aliphatic carbocycles. The Morgan fingerprint density at radius 2 is 2.25 bits per heavy atom. The molecule has 1 heterocycles. The average Bonchev–Trinajstić information content (AvgIpc) is 2.38. The predicted molar refractivity (Wildman–Crippen MR) is 64.2 cm³/mol. The van der Waals surface area contributed by atoms with Gasteiger partial charge in [-0.2, -0.15) is 5.10 Å². The van der Waals surface area contributed by atoms with Gasteiger partial charge in [0.05, 0.1) is 11.4 Å². The number of aryl methyl sites for hydroxylation is 1. The summed E-state index contributed by atoms with van der Waals surface area (Å²) in [6, 6.07) is 0. The SMILES string of the molecule is Cn1cc(N)c(SCC(=O)OC(C)(C)C)n1. The summed E-state index contributed by atoms with van der Waals surface area (Å²) in [6.45, 7) is 5.51. The first kappa shape index (κ1) is 12.9. The Morgan fingerprint density at radius 3 is 2.69 bits per heavy atom. The van der Waals surface area contributed by atoms with Gasteiger partial charge >= 0.3 is 5.97 Å². The molecule has 1 rings (SSSR count). The van der Waals surface area contributed by atoms with Crippen LogP contribution in [-0.4, -0.2) is 27.1 Å². The van der Waals surface area contributed by atoms with Crippen molar-refractivity contribution >= 4 is 23.4 Å². The number of nitrogens with zero attached hydrogens (tertiary/aromatic N) is 2. The summed E-state index contributed by atoms with van der Waals surface area (Å²) in [5.41, 5.74) is 5.83. The Kier molecular flexibility index (Phi) is 3.85. The highest BCUT2D eigenvalue weighted by Crippen LogP contribution is 2.23. The van der Waals surface area contributed by atoms with Crippen molar-refractivity contribution in [3.63, 3.8) is 0 Å². The zero-order valence-electron chi connectivity index (χ0n) is 9.98. The molecular formula is C10H17N3O2S. The maximum atomic E-state index is 11.4. The van der Waals surface area contributed by atoms with Crippen LogP contribution in [0.5, 0.6) is 0 Å². The number of nitrogen functional groups attached to an aromatic ring is 1. The molecule has 0 aromatic carbocycles. The molecule has 0 aliphatic rings. The van der Waals surface area contributed by atoms with E-state index in [-0.39, 0.29) is 11.7 Å². The molecule has 0 spiro atoms. The Hall–Kier alpha value is -1.17. The Balaban J connectivity index is 2.46. The number of rotatable bonds is 3. The van der Waals surface area contributed by atoms with Crippen molar-refractivity contribution in [1.29, 1.82) is 0 Å². The molecule has 0 fully saturated rings. The number of carbonyl (C=O) groups is 1. The zero-order valence-corrected chi connectivity index (χ0v) is 10.8. The van der Waals surface area contributed by atoms with Crippen LogP contribution in [0.15, 0.2) is 11.2 Å². The molecule has 1 aromatic rings. The van der Waals surface area contributed by atoms with Crippen molar-refractivity contribution in [3.8, 4) is 0 Å². The van der Waals surface area contributed by atoms with Gasteiger partial charge in [0.2, 0.25) is 0 Å². The van der Waals surface area contributed by atoms with E-state index in [1.807, 2.05) is 20.8 Å². The maximum Gasteiger partial charge on any atom is 0.316 e. The summed E-state index contributed by atoms with van der Waals surface area (Å²) < 4.78 is 6.79. The molecule has 6 heteroatoms. The molecule has 0 bridgehead atoms. The number of esters is 1. The van der Waals surface area contributed by atoms with Crippen LogP contribution in [0, 0.1) is 0 Å². The minimum atomic E-state index is -0.451. The topological polar surface area (TPSA) is 70.1 Å². The lowest BCUT2D eigenvalue weighted by Crippen LogP contribution is -2.24. The second-order valence-electron chi connectivity index (χ2n) is 4.44. The monoisotopic (exact) mass is 243 g/mol. The fraction of sp³-hybridized carbons (Fsp3) is 0.600. The van der Waals surface area contributed by atoms with E-state index < -0.39 is 5.60 Å². The second kappa shape index (κ2) is 4.78. The van der Waals surface area contributed by atoms with E-state index in [0.29, 0.717) is 10.7 Å². The predicted octanol–water partition coefficient (Wildman–Crippen LogP) is 1.44. The minimum Gasteiger partial charge on any atom is -0.459 e. The smallest absolute Gasteiger partial charge is 0.316 e. The first-order chi connectivity index (χ1) is 7.28. The van der Waals surface area contributed by atoms with E-state index in [0.717, 1.165) is 0 Å². The molecule has 0 saturated heterocycles. The third kappa shape index (κ3) is 4.14. The largest absolute Gasteiger partial charge is 0.459 e. The molecule has 0 atom stereocenters. The van der Waals surface area contributed by atoms with Gasteiger partial charge in [0, 0.05) is 13.2 Å². The first-order valence-electron chi connectivity index (χ1n) is 4.92. The standard InChI is InChI=1S/C10H17N3O2S/c1-10(2,3)15-8(14)6-16-9-7(11)5-13(4)12-9/h5H,6,11H2,1-4H3. The van der Waals surface area contributed by atoms with Gasteiger partial charge in [-0.05, 0) is 20.8 Å². The number of thioether (sulfide) groups is 1. The summed E-state index contributed by atoms with van der Waals surface area (Å²) in [5, 5.41) is 4.79. The molecule has 2 N–H and O–H groups in total. The Morgan fingerprint density at radius 1 is 1.62 bits per heavy atom. The van der Waals surface area contributed by atoms with Gasteiger partial charge in [0.15, 0.2) is 0 Å². The molecule has 0 amide bonds. The third-order valence-corrected chi connectivity index (χ3v) is 2.54. The molecule has 0 aliphatic heterocycles. The van der Waals surface area contributed by atoms with E-state index in [2.05, 4.69) is 5.10 Å². The molecule has 5 nitrogen and oxygen atoms in total. The van der Waals surface area contributed by atoms with E-state index >= 15 is 0 Å². The van der Waals surface area contributed by atoms with Crippen molar-refractivity contribution in [2.45, 2.75) is 31.4 Å². The molecule has 0 radical (unpaired) electrons. The molecule has 16 heavy (non-hydrogen) atoms. The summed E-state index contributed by atoms with van der Waals surface area (Å²) >= 11 is 1.29. The lowest BCUT2D eigenvalue weighted by molar-refractivity contribution is -0.151. The van der Waals surface area contributed by atoms with E-state index in [1.165, 1.54) is 11.8 Å². The van der Waals surface area contributed by atoms with Crippen molar-refractivity contribution < 1.29 is 9.53 Å². The lowest BCUT2D eigenvalue weighted by atomic mass is 10.2. The Labute approximate surface area is 99.3 Å². The minimum absolute atomic E-state index is 0.221. The molecule has 1 aromatic heterocycles. The van der Waals surface area contributed by atoms with Gasteiger partial charge < -0.3 is 10.5 Å². The van der Waals surface area contributed by atoms with Gasteiger partial charge in [-0.15, -0.1) is 0 Å². The number of hydrogen-bond acceptors (Lipinski definition) is 5. The van der Waals surface area contributed by atoms with Crippen molar-refractivity contribution in [3.05, 3.63) is 6.20 Å². The molecule has 90 valence electrons. The van der Waals surface area contributed by atoms with E-state index in [9.17, 15) is 4.79 Å². The zero-order chi connectivity index (χ0) is 12.3. The number of carbonyl (C=O) groups excluding carboxylic acids is 1. The fourth-order valence-electron chi connectivity index (χ4n) is 1.10. The maximum absolute atomic E-state index is 11.4. The van der Waals surface area contributed by atoms with Crippen LogP contribution in [-0.2, 0) is 16.6 Å². The van der Waals surface area contributed by atoms with Gasteiger partial charge in [0.25, 0.3) is 0 Å². The van der Waals surface area contributed by atoms with Crippen LogP contribution in [0.4, 0.5) is 5.69 Å². The highest BCUT2D eigenvalue weighted by molar-refractivity contribution is 8.00. The number of ether oxygens (including phenoxy) is 1. The fourth-order valence-corrected chi connectivity index (χ4v) is 1.82. The van der Waals surface area contributed by atoms with Gasteiger partial charge in [0.1, 0.15) is 10.6 Å². The van der Waals surface area contributed by atoms with Crippen molar-refractivity contribution in [2.24, 2.45) is 7.05 Å². The number of hydrogen-bond donors (Lipinski definition) is 1. The second-order valence-corrected chi connectivity index (χ2v) is 5.40. The summed E-state index contributed by atoms with van der Waals surface area (Å²) in [7, 11) is 1.79. The molecular weight excluding hydrogens is 226 g/mol. The van der Waals surface area contributed by atoms with Gasteiger partial charge in [-0.25, -0.2) is 0 Å². The number of anilines is 1. The summed E-state index contributed by atoms with van der Waals surface area (Å²) in [5.74, 6) is -0.0408.